The van der Waals surface area contributed by atoms with Crippen molar-refractivity contribution in [1.82, 2.24) is 0 Å². The quantitative estimate of drug-likeness (QED) is 0.845. The van der Waals surface area contributed by atoms with Gasteiger partial charge in [-0.25, -0.2) is 12.8 Å². The summed E-state index contributed by atoms with van der Waals surface area (Å²) in [6.45, 7) is 0. The molecular weight excluding hydrogens is 319 g/mol. The van der Waals surface area contributed by atoms with E-state index in [2.05, 4.69) is 4.72 Å². The molecule has 0 aliphatic heterocycles. The zero-order valence-corrected chi connectivity index (χ0v) is 12.5. The standard InChI is InChI=1S/C13H12ClFN2O3S/c1-20-12-6-8(16)2-5-13(12)21(18,19)17-9-3-4-10(14)11(15)7-9/h2-7,17H,16H2,1H3. The highest BCUT2D eigenvalue weighted by atomic mass is 35.5. The Bertz CT molecular complexity index is 781. The monoisotopic (exact) mass is 330 g/mol. The molecule has 21 heavy (non-hydrogen) atoms. The van der Waals surface area contributed by atoms with E-state index in [0.29, 0.717) is 5.69 Å². The summed E-state index contributed by atoms with van der Waals surface area (Å²) in [5, 5.41) is -0.0944. The summed E-state index contributed by atoms with van der Waals surface area (Å²) in [6, 6.07) is 7.73. The van der Waals surface area contributed by atoms with Gasteiger partial charge >= 0.3 is 0 Å². The van der Waals surface area contributed by atoms with Crippen molar-refractivity contribution in [3.63, 3.8) is 0 Å². The Hall–Kier alpha value is -1.99. The van der Waals surface area contributed by atoms with Crippen LogP contribution in [0.5, 0.6) is 5.75 Å². The maximum Gasteiger partial charge on any atom is 0.265 e. The molecule has 0 saturated heterocycles. The van der Waals surface area contributed by atoms with E-state index >= 15 is 0 Å². The second kappa shape index (κ2) is 5.79. The van der Waals surface area contributed by atoms with Crippen molar-refractivity contribution < 1.29 is 17.5 Å². The van der Waals surface area contributed by atoms with E-state index in [1.54, 1.807) is 0 Å². The van der Waals surface area contributed by atoms with Crippen LogP contribution >= 0.6 is 11.6 Å². The number of sulfonamides is 1. The first kappa shape index (κ1) is 15.4. The first-order chi connectivity index (χ1) is 9.83. The summed E-state index contributed by atoms with van der Waals surface area (Å²) in [5.41, 5.74) is 5.99. The van der Waals surface area contributed by atoms with Gasteiger partial charge in [0.15, 0.2) is 0 Å². The van der Waals surface area contributed by atoms with Crippen molar-refractivity contribution in [2.45, 2.75) is 4.90 Å². The molecule has 0 heterocycles. The lowest BCUT2D eigenvalue weighted by atomic mass is 10.3. The molecule has 0 bridgehead atoms. The van der Waals surface area contributed by atoms with Gasteiger partial charge in [0.05, 0.1) is 17.8 Å². The molecule has 0 spiro atoms. The summed E-state index contributed by atoms with van der Waals surface area (Å²) in [6.07, 6.45) is 0. The number of halogens is 2. The van der Waals surface area contributed by atoms with Gasteiger partial charge in [0, 0.05) is 11.8 Å². The molecule has 0 saturated carbocycles. The molecule has 0 atom stereocenters. The second-order valence-corrected chi connectivity index (χ2v) is 6.20. The number of methoxy groups -OCH3 is 1. The van der Waals surface area contributed by atoms with Crippen LogP contribution < -0.4 is 15.2 Å². The number of rotatable bonds is 4. The van der Waals surface area contributed by atoms with Gasteiger partial charge in [-0.2, -0.15) is 0 Å². The predicted molar refractivity (Wildman–Crippen MR) is 79.6 cm³/mol. The van der Waals surface area contributed by atoms with Crippen LogP contribution in [0.25, 0.3) is 0 Å². The Morgan fingerprint density at radius 2 is 1.95 bits per heavy atom. The van der Waals surface area contributed by atoms with Crippen LogP contribution in [0.2, 0.25) is 5.02 Å². The average molecular weight is 331 g/mol. The van der Waals surface area contributed by atoms with E-state index in [-0.39, 0.29) is 21.4 Å². The second-order valence-electron chi connectivity index (χ2n) is 4.14. The van der Waals surface area contributed by atoms with Crippen molar-refractivity contribution in [2.75, 3.05) is 17.6 Å². The van der Waals surface area contributed by atoms with Crippen LogP contribution in [-0.4, -0.2) is 15.5 Å². The van der Waals surface area contributed by atoms with Crippen LogP contribution in [0.15, 0.2) is 41.3 Å². The fraction of sp³-hybridized carbons (Fsp3) is 0.0769. The Labute approximate surface area is 126 Å². The summed E-state index contributed by atoms with van der Waals surface area (Å²) in [7, 11) is -2.61. The maximum atomic E-state index is 13.3. The zero-order chi connectivity index (χ0) is 15.6. The molecule has 2 rings (SSSR count). The molecular formula is C13H12ClFN2O3S. The van der Waals surface area contributed by atoms with Gasteiger partial charge < -0.3 is 10.5 Å². The van der Waals surface area contributed by atoms with Crippen LogP contribution in [0.3, 0.4) is 0 Å². The lowest BCUT2D eigenvalue weighted by Gasteiger charge is -2.12. The molecule has 0 amide bonds. The number of nitrogens with one attached hydrogen (secondary N) is 1. The lowest BCUT2D eigenvalue weighted by Crippen LogP contribution is -2.14. The minimum absolute atomic E-state index is 0.0516. The van der Waals surface area contributed by atoms with Gasteiger partial charge in [-0.1, -0.05) is 11.6 Å². The van der Waals surface area contributed by atoms with E-state index in [1.807, 2.05) is 0 Å². The smallest absolute Gasteiger partial charge is 0.265 e. The number of nitrogens with two attached hydrogens (primary N) is 1. The molecule has 0 unspecified atom stereocenters. The van der Waals surface area contributed by atoms with Gasteiger partial charge in [0.1, 0.15) is 16.5 Å². The number of hydrogen-bond donors (Lipinski definition) is 2. The van der Waals surface area contributed by atoms with Crippen LogP contribution in [0, 0.1) is 5.82 Å². The fourth-order valence-electron chi connectivity index (χ4n) is 1.68. The zero-order valence-electron chi connectivity index (χ0n) is 10.9. The van der Waals surface area contributed by atoms with Gasteiger partial charge in [-0.3, -0.25) is 4.72 Å². The number of anilines is 2. The van der Waals surface area contributed by atoms with Gasteiger partial charge in [0.25, 0.3) is 10.0 Å². The van der Waals surface area contributed by atoms with Gasteiger partial charge in [-0.05, 0) is 30.3 Å². The molecule has 3 N–H and O–H groups in total. The highest BCUT2D eigenvalue weighted by Gasteiger charge is 2.20. The minimum Gasteiger partial charge on any atom is -0.495 e. The highest BCUT2D eigenvalue weighted by molar-refractivity contribution is 7.92. The van der Waals surface area contributed by atoms with Crippen molar-refractivity contribution in [3.8, 4) is 5.75 Å². The third-order valence-electron chi connectivity index (χ3n) is 2.65. The SMILES string of the molecule is COc1cc(N)ccc1S(=O)(=O)Nc1ccc(Cl)c(F)c1. The van der Waals surface area contributed by atoms with E-state index in [1.165, 1.54) is 37.4 Å². The van der Waals surface area contributed by atoms with Gasteiger partial charge in [0.2, 0.25) is 0 Å². The van der Waals surface area contributed by atoms with E-state index in [4.69, 9.17) is 22.1 Å². The summed E-state index contributed by atoms with van der Waals surface area (Å²) in [4.78, 5) is -0.102. The molecule has 8 heteroatoms. The van der Waals surface area contributed by atoms with Crippen molar-refractivity contribution >= 4 is 33.0 Å². The fourth-order valence-corrected chi connectivity index (χ4v) is 3.00. The molecule has 5 nitrogen and oxygen atoms in total. The molecule has 2 aromatic rings. The molecule has 0 fully saturated rings. The van der Waals surface area contributed by atoms with Gasteiger partial charge in [-0.15, -0.1) is 0 Å². The minimum atomic E-state index is -3.94. The third kappa shape index (κ3) is 3.37. The Morgan fingerprint density at radius 3 is 2.57 bits per heavy atom. The summed E-state index contributed by atoms with van der Waals surface area (Å²) < 4.78 is 45.2. The molecule has 0 radical (unpaired) electrons. The summed E-state index contributed by atoms with van der Waals surface area (Å²) >= 11 is 5.55. The normalized spacial score (nSPS) is 11.2. The Morgan fingerprint density at radius 1 is 1.24 bits per heavy atom. The van der Waals surface area contributed by atoms with Crippen molar-refractivity contribution in [1.29, 1.82) is 0 Å². The number of hydrogen-bond acceptors (Lipinski definition) is 4. The first-order valence-corrected chi connectivity index (χ1v) is 7.61. The lowest BCUT2D eigenvalue weighted by molar-refractivity contribution is 0.403. The van der Waals surface area contributed by atoms with E-state index in [0.717, 1.165) is 6.07 Å². The topological polar surface area (TPSA) is 81.4 Å². The first-order valence-electron chi connectivity index (χ1n) is 5.75. The molecule has 0 aliphatic rings. The largest absolute Gasteiger partial charge is 0.495 e. The predicted octanol–water partition coefficient (Wildman–Crippen LogP) is 2.87. The highest BCUT2D eigenvalue weighted by Crippen LogP contribution is 2.28. The Kier molecular flexibility index (Phi) is 4.24. The molecule has 2 aromatic carbocycles. The molecule has 0 aliphatic carbocycles. The number of ether oxygens (including phenoxy) is 1. The maximum absolute atomic E-state index is 13.3. The average Bonchev–Trinajstić information content (AvgIpc) is 2.42. The summed E-state index contributed by atoms with van der Waals surface area (Å²) in [5.74, 6) is -0.627. The van der Waals surface area contributed by atoms with Crippen LogP contribution in [0.4, 0.5) is 15.8 Å². The number of benzene rings is 2. The van der Waals surface area contributed by atoms with E-state index in [9.17, 15) is 12.8 Å². The third-order valence-corrected chi connectivity index (χ3v) is 4.38. The molecule has 112 valence electrons. The van der Waals surface area contributed by atoms with Crippen LogP contribution in [0.1, 0.15) is 0 Å². The van der Waals surface area contributed by atoms with Crippen molar-refractivity contribution in [3.05, 3.63) is 47.2 Å². The molecule has 0 aromatic heterocycles. The Balaban J connectivity index is 2.40. The van der Waals surface area contributed by atoms with E-state index < -0.39 is 15.8 Å². The van der Waals surface area contributed by atoms with Crippen LogP contribution in [-0.2, 0) is 10.0 Å². The van der Waals surface area contributed by atoms with Crippen molar-refractivity contribution in [2.24, 2.45) is 0 Å². The number of nitrogen functional groups attached to an aromatic ring is 1.